The largest absolute Gasteiger partial charge is 0.497 e. The van der Waals surface area contributed by atoms with E-state index in [1.807, 2.05) is 0 Å². The summed E-state index contributed by atoms with van der Waals surface area (Å²) < 4.78 is 5.35. The van der Waals surface area contributed by atoms with Crippen molar-refractivity contribution in [2.45, 2.75) is 57.5 Å². The molecule has 3 rings (SSSR count). The van der Waals surface area contributed by atoms with Crippen LogP contribution in [0.15, 0.2) is 24.3 Å². The first kappa shape index (κ1) is 19.7. The van der Waals surface area contributed by atoms with Gasteiger partial charge in [-0.05, 0) is 82.5 Å². The van der Waals surface area contributed by atoms with E-state index in [-0.39, 0.29) is 0 Å². The van der Waals surface area contributed by atoms with Gasteiger partial charge in [0.2, 0.25) is 0 Å². The third kappa shape index (κ3) is 5.45. The fraction of sp³-hybridized carbons (Fsp3) is 0.727. The number of ether oxygens (including phenoxy) is 1. The van der Waals surface area contributed by atoms with Crippen LogP contribution >= 0.6 is 0 Å². The van der Waals surface area contributed by atoms with Gasteiger partial charge in [-0.15, -0.1) is 0 Å². The van der Waals surface area contributed by atoms with Crippen molar-refractivity contribution in [3.63, 3.8) is 0 Å². The topological polar surface area (TPSA) is 27.7 Å². The summed E-state index contributed by atoms with van der Waals surface area (Å²) in [6, 6.07) is 9.88. The van der Waals surface area contributed by atoms with E-state index in [0.717, 1.165) is 12.3 Å². The van der Waals surface area contributed by atoms with Crippen molar-refractivity contribution >= 4 is 0 Å². The Hall–Kier alpha value is -1.10. The van der Waals surface area contributed by atoms with E-state index < -0.39 is 0 Å². The highest BCUT2D eigenvalue weighted by Crippen LogP contribution is 2.26. The van der Waals surface area contributed by atoms with Gasteiger partial charge in [0, 0.05) is 18.6 Å². The third-order valence-electron chi connectivity index (χ3n) is 6.06. The Morgan fingerprint density at radius 1 is 1.04 bits per heavy atom. The predicted octanol–water partition coefficient (Wildman–Crippen LogP) is 3.69. The Balaban J connectivity index is 1.58. The number of nitrogens with zero attached hydrogens (tertiary/aromatic N) is 2. The Kier molecular flexibility index (Phi) is 7.78. The fourth-order valence-corrected chi connectivity index (χ4v) is 4.47. The van der Waals surface area contributed by atoms with Gasteiger partial charge in [-0.3, -0.25) is 4.90 Å². The molecule has 1 aromatic rings. The van der Waals surface area contributed by atoms with Gasteiger partial charge in [0.25, 0.3) is 0 Å². The van der Waals surface area contributed by atoms with Gasteiger partial charge in [0.15, 0.2) is 0 Å². The molecule has 0 aromatic heterocycles. The lowest BCUT2D eigenvalue weighted by Gasteiger charge is -2.37. The van der Waals surface area contributed by atoms with Gasteiger partial charge in [-0.25, -0.2) is 0 Å². The van der Waals surface area contributed by atoms with Crippen molar-refractivity contribution in [2.75, 3.05) is 46.4 Å². The lowest BCUT2D eigenvalue weighted by molar-refractivity contribution is 0.146. The molecule has 1 aromatic carbocycles. The zero-order valence-corrected chi connectivity index (χ0v) is 16.8. The molecule has 0 aliphatic carbocycles. The first-order valence-corrected chi connectivity index (χ1v) is 10.6. The summed E-state index contributed by atoms with van der Waals surface area (Å²) in [5.74, 6) is 0.947. The zero-order chi connectivity index (χ0) is 18.2. The quantitative estimate of drug-likeness (QED) is 0.766. The van der Waals surface area contributed by atoms with Crippen molar-refractivity contribution in [3.05, 3.63) is 29.8 Å². The molecule has 0 radical (unpaired) electrons. The summed E-state index contributed by atoms with van der Waals surface area (Å²) in [5, 5.41) is 3.91. The van der Waals surface area contributed by atoms with Crippen LogP contribution < -0.4 is 10.1 Å². The maximum absolute atomic E-state index is 5.35. The fourth-order valence-electron chi connectivity index (χ4n) is 4.47. The van der Waals surface area contributed by atoms with Crippen molar-refractivity contribution < 1.29 is 4.74 Å². The predicted molar refractivity (Wildman–Crippen MR) is 109 cm³/mol. The molecule has 2 aliphatic rings. The van der Waals surface area contributed by atoms with Crippen molar-refractivity contribution in [3.8, 4) is 5.75 Å². The average Bonchev–Trinajstić information content (AvgIpc) is 2.71. The van der Waals surface area contributed by atoms with E-state index >= 15 is 0 Å². The van der Waals surface area contributed by atoms with Crippen LogP contribution in [0.25, 0.3) is 0 Å². The molecular weight excluding hydrogens is 322 g/mol. The molecule has 2 fully saturated rings. The standard InChI is InChI=1S/C22H37N3O/c1-3-13-24-16-11-20(12-17-24)23-18-22(25-14-5-4-6-15-25)19-7-9-21(26-2)10-8-19/h7-10,20,22-23H,3-6,11-18H2,1-2H3. The normalized spacial score (nSPS) is 21.6. The number of hydrogen-bond donors (Lipinski definition) is 1. The van der Waals surface area contributed by atoms with Crippen LogP contribution in [0.4, 0.5) is 0 Å². The summed E-state index contributed by atoms with van der Waals surface area (Å²) >= 11 is 0. The highest BCUT2D eigenvalue weighted by molar-refractivity contribution is 5.29. The Labute approximate surface area is 159 Å². The van der Waals surface area contributed by atoms with E-state index in [1.165, 1.54) is 76.8 Å². The molecule has 26 heavy (non-hydrogen) atoms. The lowest BCUT2D eigenvalue weighted by Crippen LogP contribution is -2.46. The number of methoxy groups -OCH3 is 1. The van der Waals surface area contributed by atoms with Crippen LogP contribution in [0.1, 0.15) is 57.1 Å². The molecule has 0 saturated carbocycles. The third-order valence-corrected chi connectivity index (χ3v) is 6.06. The summed E-state index contributed by atoms with van der Waals surface area (Å²) in [6.07, 6.45) is 7.90. The summed E-state index contributed by atoms with van der Waals surface area (Å²) in [4.78, 5) is 5.30. The SMILES string of the molecule is CCCN1CCC(NCC(c2ccc(OC)cc2)N2CCCCC2)CC1. The minimum Gasteiger partial charge on any atom is -0.497 e. The minimum absolute atomic E-state index is 0.481. The zero-order valence-electron chi connectivity index (χ0n) is 16.8. The molecule has 0 bridgehead atoms. The van der Waals surface area contributed by atoms with Gasteiger partial charge < -0.3 is 15.0 Å². The number of piperidine rings is 2. The number of nitrogens with one attached hydrogen (secondary N) is 1. The number of hydrogen-bond acceptors (Lipinski definition) is 4. The lowest BCUT2D eigenvalue weighted by atomic mass is 9.99. The average molecular weight is 360 g/mol. The van der Waals surface area contributed by atoms with E-state index in [9.17, 15) is 0 Å². The molecule has 2 saturated heterocycles. The second kappa shape index (κ2) is 10.3. The molecule has 4 heteroatoms. The molecule has 2 heterocycles. The van der Waals surface area contributed by atoms with Crippen molar-refractivity contribution in [1.29, 1.82) is 0 Å². The number of rotatable bonds is 8. The molecule has 146 valence electrons. The molecule has 0 spiro atoms. The monoisotopic (exact) mass is 359 g/mol. The van der Waals surface area contributed by atoms with Crippen LogP contribution in [0.3, 0.4) is 0 Å². The maximum atomic E-state index is 5.35. The molecule has 1 N–H and O–H groups in total. The molecule has 1 unspecified atom stereocenters. The van der Waals surface area contributed by atoms with E-state index in [4.69, 9.17) is 4.74 Å². The number of benzene rings is 1. The van der Waals surface area contributed by atoms with Gasteiger partial charge in [-0.2, -0.15) is 0 Å². The molecule has 0 amide bonds. The van der Waals surface area contributed by atoms with Crippen LogP contribution in [-0.2, 0) is 0 Å². The Morgan fingerprint density at radius 2 is 1.73 bits per heavy atom. The summed E-state index contributed by atoms with van der Waals surface area (Å²) in [7, 11) is 1.74. The van der Waals surface area contributed by atoms with Crippen molar-refractivity contribution in [1.82, 2.24) is 15.1 Å². The Bertz CT molecular complexity index is 505. The second-order valence-electron chi connectivity index (χ2n) is 7.91. The first-order valence-electron chi connectivity index (χ1n) is 10.6. The van der Waals surface area contributed by atoms with Crippen LogP contribution in [-0.4, -0.2) is 62.2 Å². The Morgan fingerprint density at radius 3 is 2.35 bits per heavy atom. The van der Waals surface area contributed by atoms with E-state index in [1.54, 1.807) is 7.11 Å². The molecular formula is C22H37N3O. The smallest absolute Gasteiger partial charge is 0.118 e. The van der Waals surface area contributed by atoms with Gasteiger partial charge in [-0.1, -0.05) is 25.5 Å². The van der Waals surface area contributed by atoms with Crippen LogP contribution in [0.5, 0.6) is 5.75 Å². The van der Waals surface area contributed by atoms with Gasteiger partial charge in [0.05, 0.1) is 7.11 Å². The highest BCUT2D eigenvalue weighted by atomic mass is 16.5. The first-order chi connectivity index (χ1) is 12.8. The number of likely N-dealkylation sites (tertiary alicyclic amines) is 2. The van der Waals surface area contributed by atoms with Crippen LogP contribution in [0, 0.1) is 0 Å². The highest BCUT2D eigenvalue weighted by Gasteiger charge is 2.24. The second-order valence-corrected chi connectivity index (χ2v) is 7.91. The van der Waals surface area contributed by atoms with Crippen molar-refractivity contribution in [2.24, 2.45) is 0 Å². The maximum Gasteiger partial charge on any atom is 0.118 e. The van der Waals surface area contributed by atoms with Gasteiger partial charge in [0.1, 0.15) is 5.75 Å². The van der Waals surface area contributed by atoms with Crippen LogP contribution in [0.2, 0.25) is 0 Å². The minimum atomic E-state index is 0.481. The summed E-state index contributed by atoms with van der Waals surface area (Å²) in [5.41, 5.74) is 1.42. The van der Waals surface area contributed by atoms with E-state index in [2.05, 4.69) is 46.3 Å². The van der Waals surface area contributed by atoms with Gasteiger partial charge >= 0.3 is 0 Å². The molecule has 2 aliphatic heterocycles. The summed E-state index contributed by atoms with van der Waals surface area (Å²) in [6.45, 7) is 9.56. The molecule has 1 atom stereocenters. The van der Waals surface area contributed by atoms with E-state index in [0.29, 0.717) is 12.1 Å². The molecule has 4 nitrogen and oxygen atoms in total.